The monoisotopic (exact) mass is 252 g/mol. The summed E-state index contributed by atoms with van der Waals surface area (Å²) in [5, 5.41) is 0.584. The molecule has 1 heterocycles. The molecule has 0 saturated heterocycles. The van der Waals surface area contributed by atoms with Crippen LogP contribution in [0.5, 0.6) is 0 Å². The topological polar surface area (TPSA) is 38.9 Å². The van der Waals surface area contributed by atoms with E-state index in [0.717, 1.165) is 30.0 Å². The normalized spacial score (nSPS) is 10.5. The van der Waals surface area contributed by atoms with Crippen molar-refractivity contribution < 1.29 is 8.78 Å². The van der Waals surface area contributed by atoms with Gasteiger partial charge in [-0.15, -0.1) is 0 Å². The van der Waals surface area contributed by atoms with Gasteiger partial charge >= 0.3 is 0 Å². The predicted molar refractivity (Wildman–Crippen MR) is 63.9 cm³/mol. The molecule has 0 fully saturated rings. The summed E-state index contributed by atoms with van der Waals surface area (Å²) in [6.07, 6.45) is 0. The predicted octanol–water partition coefficient (Wildman–Crippen LogP) is 3.40. The van der Waals surface area contributed by atoms with Crippen molar-refractivity contribution in [1.29, 1.82) is 0 Å². The third-order valence-electron chi connectivity index (χ3n) is 2.21. The fourth-order valence-corrected chi connectivity index (χ4v) is 2.15. The number of nitrogen functional groups attached to an aromatic ring is 1. The molecule has 5 heteroatoms. The fraction of sp³-hybridized carbons (Fsp3) is 0.0833. The summed E-state index contributed by atoms with van der Waals surface area (Å²) in [6.45, 7) is 1.77. The van der Waals surface area contributed by atoms with E-state index in [2.05, 4.69) is 4.98 Å². The van der Waals surface area contributed by atoms with Crippen LogP contribution in [0, 0.1) is 18.6 Å². The number of nitrogens with zero attached hydrogens (tertiary/aromatic N) is 1. The van der Waals surface area contributed by atoms with E-state index in [1.165, 1.54) is 0 Å². The van der Waals surface area contributed by atoms with Crippen LogP contribution in [-0.4, -0.2) is 4.98 Å². The molecule has 1 aromatic heterocycles. The zero-order chi connectivity index (χ0) is 12.4. The van der Waals surface area contributed by atoms with E-state index in [9.17, 15) is 8.78 Å². The van der Waals surface area contributed by atoms with Crippen molar-refractivity contribution in [2.45, 2.75) is 16.8 Å². The Morgan fingerprint density at radius 2 is 1.94 bits per heavy atom. The second kappa shape index (κ2) is 4.71. The summed E-state index contributed by atoms with van der Waals surface area (Å²) in [4.78, 5) is 4.40. The number of hydrogen-bond donors (Lipinski definition) is 1. The van der Waals surface area contributed by atoms with Gasteiger partial charge < -0.3 is 5.73 Å². The summed E-state index contributed by atoms with van der Waals surface area (Å²) < 4.78 is 26.4. The largest absolute Gasteiger partial charge is 0.397 e. The first-order valence-electron chi connectivity index (χ1n) is 4.92. The zero-order valence-corrected chi connectivity index (χ0v) is 9.89. The molecule has 0 spiro atoms. The minimum Gasteiger partial charge on any atom is -0.397 e. The maximum atomic E-state index is 13.4. The molecule has 2 aromatic rings. The number of anilines is 1. The quantitative estimate of drug-likeness (QED) is 0.890. The number of hydrogen-bond acceptors (Lipinski definition) is 3. The molecule has 0 aliphatic carbocycles. The van der Waals surface area contributed by atoms with E-state index in [0.29, 0.717) is 16.4 Å². The van der Waals surface area contributed by atoms with Crippen LogP contribution in [0.25, 0.3) is 0 Å². The standard InChI is InChI=1S/C12H10F2N2S/c1-7-10(15)4-5-12(16-7)17-11-6-8(13)2-3-9(11)14/h2-6H,15H2,1H3. The van der Waals surface area contributed by atoms with E-state index in [4.69, 9.17) is 5.73 Å². The van der Waals surface area contributed by atoms with Gasteiger partial charge in [-0.05, 0) is 37.3 Å². The van der Waals surface area contributed by atoms with Gasteiger partial charge in [0.15, 0.2) is 0 Å². The van der Waals surface area contributed by atoms with E-state index in [1.54, 1.807) is 19.1 Å². The maximum Gasteiger partial charge on any atom is 0.137 e. The van der Waals surface area contributed by atoms with Crippen LogP contribution in [0.15, 0.2) is 40.3 Å². The van der Waals surface area contributed by atoms with Crippen LogP contribution in [-0.2, 0) is 0 Å². The van der Waals surface area contributed by atoms with E-state index in [-0.39, 0.29) is 4.90 Å². The molecule has 2 nitrogen and oxygen atoms in total. The Balaban J connectivity index is 2.31. The van der Waals surface area contributed by atoms with Crippen LogP contribution in [0.3, 0.4) is 0 Å². The molecular weight excluding hydrogens is 242 g/mol. The lowest BCUT2D eigenvalue weighted by atomic mass is 10.3. The molecule has 17 heavy (non-hydrogen) atoms. The highest BCUT2D eigenvalue weighted by Crippen LogP contribution is 2.29. The molecule has 2 N–H and O–H groups in total. The molecular formula is C12H10F2N2S. The highest BCUT2D eigenvalue weighted by molar-refractivity contribution is 7.99. The van der Waals surface area contributed by atoms with Crippen LogP contribution in [0.4, 0.5) is 14.5 Å². The van der Waals surface area contributed by atoms with Crippen molar-refractivity contribution in [3.8, 4) is 0 Å². The summed E-state index contributed by atoms with van der Waals surface area (Å²) >= 11 is 1.07. The first-order valence-corrected chi connectivity index (χ1v) is 5.74. The van der Waals surface area contributed by atoms with Crippen molar-refractivity contribution in [3.05, 3.63) is 47.7 Å². The van der Waals surface area contributed by atoms with Crippen molar-refractivity contribution >= 4 is 17.4 Å². The molecule has 0 radical (unpaired) electrons. The fourth-order valence-electron chi connectivity index (χ4n) is 1.27. The lowest BCUT2D eigenvalue weighted by molar-refractivity contribution is 0.577. The molecule has 0 saturated carbocycles. The first-order chi connectivity index (χ1) is 8.06. The lowest BCUT2D eigenvalue weighted by Gasteiger charge is -2.05. The summed E-state index contributed by atoms with van der Waals surface area (Å²) in [7, 11) is 0. The van der Waals surface area contributed by atoms with Gasteiger partial charge in [-0.1, -0.05) is 11.8 Å². The molecule has 88 valence electrons. The minimum atomic E-state index is -0.471. The van der Waals surface area contributed by atoms with E-state index in [1.807, 2.05) is 0 Å². The van der Waals surface area contributed by atoms with Crippen LogP contribution >= 0.6 is 11.8 Å². The van der Waals surface area contributed by atoms with Crippen LogP contribution < -0.4 is 5.73 Å². The van der Waals surface area contributed by atoms with Gasteiger partial charge in [0.25, 0.3) is 0 Å². The van der Waals surface area contributed by atoms with Crippen LogP contribution in [0.2, 0.25) is 0 Å². The van der Waals surface area contributed by atoms with E-state index < -0.39 is 11.6 Å². The molecule has 0 unspecified atom stereocenters. The van der Waals surface area contributed by atoms with Gasteiger partial charge in [0.05, 0.1) is 16.3 Å². The van der Waals surface area contributed by atoms with Crippen LogP contribution in [0.1, 0.15) is 5.69 Å². The number of halogens is 2. The molecule has 0 atom stereocenters. The average Bonchev–Trinajstić information content (AvgIpc) is 2.29. The Morgan fingerprint density at radius 1 is 1.18 bits per heavy atom. The third kappa shape index (κ3) is 2.74. The minimum absolute atomic E-state index is 0.210. The van der Waals surface area contributed by atoms with Gasteiger partial charge in [0.2, 0.25) is 0 Å². The molecule has 0 bridgehead atoms. The Kier molecular flexibility index (Phi) is 3.28. The number of aryl methyl sites for hydroxylation is 1. The highest BCUT2D eigenvalue weighted by Gasteiger charge is 2.07. The highest BCUT2D eigenvalue weighted by atomic mass is 32.2. The van der Waals surface area contributed by atoms with Gasteiger partial charge in [0, 0.05) is 0 Å². The van der Waals surface area contributed by atoms with Crippen molar-refractivity contribution in [2.75, 3.05) is 5.73 Å². The number of nitrogens with two attached hydrogens (primary N) is 1. The van der Waals surface area contributed by atoms with E-state index >= 15 is 0 Å². The number of rotatable bonds is 2. The molecule has 2 rings (SSSR count). The van der Waals surface area contributed by atoms with Crippen molar-refractivity contribution in [1.82, 2.24) is 4.98 Å². The summed E-state index contributed by atoms with van der Waals surface area (Å²) in [6, 6.07) is 6.70. The SMILES string of the molecule is Cc1nc(Sc2cc(F)ccc2F)ccc1N. The summed E-state index contributed by atoms with van der Waals surface area (Å²) in [5.74, 6) is -0.936. The van der Waals surface area contributed by atoms with Gasteiger partial charge in [0.1, 0.15) is 16.7 Å². The molecule has 0 amide bonds. The average molecular weight is 252 g/mol. The number of pyridine rings is 1. The number of aromatic nitrogens is 1. The van der Waals surface area contributed by atoms with Crippen molar-refractivity contribution in [2.24, 2.45) is 0 Å². The molecule has 0 aliphatic rings. The zero-order valence-electron chi connectivity index (χ0n) is 9.08. The molecule has 1 aromatic carbocycles. The maximum absolute atomic E-state index is 13.4. The van der Waals surface area contributed by atoms with Gasteiger partial charge in [-0.3, -0.25) is 0 Å². The second-order valence-corrected chi connectivity index (χ2v) is 4.56. The van der Waals surface area contributed by atoms with Crippen molar-refractivity contribution in [3.63, 3.8) is 0 Å². The number of benzene rings is 1. The first kappa shape index (κ1) is 11.9. The van der Waals surface area contributed by atoms with Gasteiger partial charge in [-0.2, -0.15) is 0 Å². The second-order valence-electron chi connectivity index (χ2n) is 3.50. The smallest absolute Gasteiger partial charge is 0.137 e. The van der Waals surface area contributed by atoms with Gasteiger partial charge in [-0.25, -0.2) is 13.8 Å². The Labute approximate surface area is 102 Å². The summed E-state index contributed by atoms with van der Waals surface area (Å²) in [5.41, 5.74) is 6.88. The molecule has 0 aliphatic heterocycles. The Morgan fingerprint density at radius 3 is 2.65 bits per heavy atom. The lowest BCUT2D eigenvalue weighted by Crippen LogP contribution is -1.93. The Bertz CT molecular complexity index is 558. The third-order valence-corrected chi connectivity index (χ3v) is 3.18. The Hall–Kier alpha value is -1.62.